The van der Waals surface area contributed by atoms with Gasteiger partial charge >= 0.3 is 0 Å². The minimum absolute atomic E-state index is 0.508. The van der Waals surface area contributed by atoms with Gasteiger partial charge in [0.2, 0.25) is 5.95 Å². The van der Waals surface area contributed by atoms with Crippen LogP contribution in [-0.2, 0) is 6.42 Å². The molecule has 1 unspecified atom stereocenters. The zero-order valence-electron chi connectivity index (χ0n) is 14.8. The van der Waals surface area contributed by atoms with E-state index in [4.69, 9.17) is 10.2 Å². The maximum Gasteiger partial charge on any atom is 0.229 e. The molecule has 0 amide bonds. The molecular formula is C19H24N6. The van der Waals surface area contributed by atoms with Crippen molar-refractivity contribution in [2.75, 3.05) is 30.4 Å². The highest BCUT2D eigenvalue weighted by atomic mass is 15.3. The highest BCUT2D eigenvalue weighted by Crippen LogP contribution is 2.23. The van der Waals surface area contributed by atoms with Crippen molar-refractivity contribution in [3.63, 3.8) is 0 Å². The van der Waals surface area contributed by atoms with Crippen LogP contribution in [0.5, 0.6) is 0 Å². The number of nitrogens with one attached hydrogen (secondary N) is 2. The Labute approximate surface area is 148 Å². The second kappa shape index (κ2) is 7.95. The van der Waals surface area contributed by atoms with Gasteiger partial charge in [0, 0.05) is 36.6 Å². The molecule has 25 heavy (non-hydrogen) atoms. The number of likely N-dealkylation sites (N-methyl/N-ethyl adjacent to an activating group) is 1. The number of nitrogens with zero attached hydrogens (tertiary/aromatic N) is 4. The Morgan fingerprint density at radius 2 is 2.20 bits per heavy atom. The number of aryl methyl sites for hydroxylation is 1. The fraction of sp³-hybridized carbons (Fsp3) is 0.421. The van der Waals surface area contributed by atoms with E-state index in [0.29, 0.717) is 17.6 Å². The third-order valence-corrected chi connectivity index (χ3v) is 4.44. The summed E-state index contributed by atoms with van der Waals surface area (Å²) in [6.45, 7) is 4.11. The topological polar surface area (TPSA) is 76.9 Å². The molecule has 1 aromatic heterocycles. The normalized spacial score (nSPS) is 16.7. The maximum absolute atomic E-state index is 9.06. The maximum atomic E-state index is 9.06. The molecule has 6 heteroatoms. The van der Waals surface area contributed by atoms with Crippen molar-refractivity contribution in [1.29, 1.82) is 5.26 Å². The van der Waals surface area contributed by atoms with Crippen molar-refractivity contribution in [3.05, 3.63) is 41.6 Å². The first-order valence-electron chi connectivity index (χ1n) is 8.79. The molecule has 1 saturated heterocycles. The number of aromatic nitrogens is 2. The standard InChI is InChI=1S/C19H24N6/c1-3-5-15-11-18(25-9-8-17(13-25)21-2)24-19(22-15)23-16-7-4-6-14(10-16)12-20/h4,6-7,10-11,17,21H,3,5,8-9,13H2,1-2H3,(H,22,23,24). The fourth-order valence-electron chi connectivity index (χ4n) is 3.08. The van der Waals surface area contributed by atoms with Crippen molar-refractivity contribution >= 4 is 17.5 Å². The van der Waals surface area contributed by atoms with Gasteiger partial charge in [-0.25, -0.2) is 4.98 Å². The van der Waals surface area contributed by atoms with Crippen LogP contribution in [0.1, 0.15) is 31.0 Å². The highest BCUT2D eigenvalue weighted by Gasteiger charge is 2.23. The zero-order chi connectivity index (χ0) is 17.6. The Morgan fingerprint density at radius 3 is 2.92 bits per heavy atom. The lowest BCUT2D eigenvalue weighted by molar-refractivity contribution is 0.616. The predicted molar refractivity (Wildman–Crippen MR) is 100 cm³/mol. The summed E-state index contributed by atoms with van der Waals surface area (Å²) in [6.07, 6.45) is 3.08. The molecule has 1 aliphatic heterocycles. The number of hydrogen-bond donors (Lipinski definition) is 2. The van der Waals surface area contributed by atoms with Crippen molar-refractivity contribution in [2.24, 2.45) is 0 Å². The van der Waals surface area contributed by atoms with Gasteiger partial charge in [-0.1, -0.05) is 19.4 Å². The molecule has 0 saturated carbocycles. The van der Waals surface area contributed by atoms with E-state index in [0.717, 1.165) is 49.6 Å². The molecule has 0 radical (unpaired) electrons. The second-order valence-corrected chi connectivity index (χ2v) is 6.33. The van der Waals surface area contributed by atoms with E-state index in [9.17, 15) is 0 Å². The van der Waals surface area contributed by atoms with E-state index in [2.05, 4.69) is 39.6 Å². The van der Waals surface area contributed by atoms with Gasteiger partial charge in [0.25, 0.3) is 0 Å². The molecule has 1 atom stereocenters. The van der Waals surface area contributed by atoms with E-state index in [1.807, 2.05) is 25.2 Å². The van der Waals surface area contributed by atoms with Gasteiger partial charge in [0.1, 0.15) is 5.82 Å². The average Bonchev–Trinajstić information content (AvgIpc) is 3.11. The molecule has 2 heterocycles. The van der Waals surface area contributed by atoms with E-state index >= 15 is 0 Å². The fourth-order valence-corrected chi connectivity index (χ4v) is 3.08. The van der Waals surface area contributed by atoms with E-state index < -0.39 is 0 Å². The summed E-state index contributed by atoms with van der Waals surface area (Å²) in [6, 6.07) is 12.1. The van der Waals surface area contributed by atoms with Gasteiger partial charge < -0.3 is 15.5 Å². The van der Waals surface area contributed by atoms with Crippen LogP contribution in [-0.4, -0.2) is 36.1 Å². The van der Waals surface area contributed by atoms with Crippen LogP contribution in [0.3, 0.4) is 0 Å². The van der Waals surface area contributed by atoms with Crippen LogP contribution in [0.2, 0.25) is 0 Å². The smallest absolute Gasteiger partial charge is 0.229 e. The lowest BCUT2D eigenvalue weighted by Gasteiger charge is -2.19. The van der Waals surface area contributed by atoms with Crippen LogP contribution in [0.15, 0.2) is 30.3 Å². The molecule has 6 nitrogen and oxygen atoms in total. The van der Waals surface area contributed by atoms with Gasteiger partial charge in [-0.05, 0) is 38.1 Å². The molecule has 1 aromatic carbocycles. The minimum Gasteiger partial charge on any atom is -0.355 e. The molecule has 0 spiro atoms. The quantitative estimate of drug-likeness (QED) is 0.845. The number of anilines is 3. The Bertz CT molecular complexity index is 767. The summed E-state index contributed by atoms with van der Waals surface area (Å²) in [5.74, 6) is 1.55. The number of rotatable bonds is 6. The minimum atomic E-state index is 0.508. The zero-order valence-corrected chi connectivity index (χ0v) is 14.8. The molecule has 130 valence electrons. The van der Waals surface area contributed by atoms with Crippen molar-refractivity contribution < 1.29 is 0 Å². The molecule has 0 aliphatic carbocycles. The van der Waals surface area contributed by atoms with Crippen LogP contribution < -0.4 is 15.5 Å². The molecular weight excluding hydrogens is 312 g/mol. The molecule has 1 aliphatic rings. The number of nitriles is 1. The van der Waals surface area contributed by atoms with Crippen LogP contribution in [0, 0.1) is 11.3 Å². The Kier molecular flexibility index (Phi) is 5.46. The Hall–Kier alpha value is -2.65. The Balaban J connectivity index is 1.86. The van der Waals surface area contributed by atoms with Crippen molar-refractivity contribution in [1.82, 2.24) is 15.3 Å². The van der Waals surface area contributed by atoms with Crippen LogP contribution in [0.4, 0.5) is 17.5 Å². The van der Waals surface area contributed by atoms with E-state index in [1.165, 1.54) is 0 Å². The number of hydrogen-bond acceptors (Lipinski definition) is 6. The first kappa shape index (κ1) is 17.2. The summed E-state index contributed by atoms with van der Waals surface area (Å²) in [4.78, 5) is 11.7. The van der Waals surface area contributed by atoms with Gasteiger partial charge in [0.05, 0.1) is 11.6 Å². The summed E-state index contributed by atoms with van der Waals surface area (Å²) >= 11 is 0. The molecule has 2 N–H and O–H groups in total. The summed E-state index contributed by atoms with van der Waals surface area (Å²) < 4.78 is 0. The monoisotopic (exact) mass is 336 g/mol. The summed E-state index contributed by atoms with van der Waals surface area (Å²) in [5.41, 5.74) is 2.49. The molecule has 2 aromatic rings. The largest absolute Gasteiger partial charge is 0.355 e. The summed E-state index contributed by atoms with van der Waals surface area (Å²) in [7, 11) is 2.01. The lowest BCUT2D eigenvalue weighted by atomic mass is 10.2. The van der Waals surface area contributed by atoms with Crippen LogP contribution >= 0.6 is 0 Å². The summed E-state index contributed by atoms with van der Waals surface area (Å²) in [5, 5.41) is 15.6. The SMILES string of the molecule is CCCc1cc(N2CCC(NC)C2)nc(Nc2cccc(C#N)c2)n1. The number of benzene rings is 1. The van der Waals surface area contributed by atoms with Crippen molar-refractivity contribution in [3.8, 4) is 6.07 Å². The third-order valence-electron chi connectivity index (χ3n) is 4.44. The van der Waals surface area contributed by atoms with Gasteiger partial charge in [-0.15, -0.1) is 0 Å². The van der Waals surface area contributed by atoms with Gasteiger partial charge in [-0.3, -0.25) is 0 Å². The van der Waals surface area contributed by atoms with Crippen molar-refractivity contribution in [2.45, 2.75) is 32.2 Å². The van der Waals surface area contributed by atoms with E-state index in [-0.39, 0.29) is 0 Å². The third kappa shape index (κ3) is 4.25. The lowest BCUT2D eigenvalue weighted by Crippen LogP contribution is -2.30. The van der Waals surface area contributed by atoms with E-state index in [1.54, 1.807) is 6.07 Å². The first-order chi connectivity index (χ1) is 12.2. The molecule has 3 rings (SSSR count). The highest BCUT2D eigenvalue weighted by molar-refractivity contribution is 5.58. The van der Waals surface area contributed by atoms with Crippen LogP contribution in [0.25, 0.3) is 0 Å². The van der Waals surface area contributed by atoms with Gasteiger partial charge in [0.15, 0.2) is 0 Å². The molecule has 0 bridgehead atoms. The Morgan fingerprint density at radius 1 is 1.32 bits per heavy atom. The second-order valence-electron chi connectivity index (χ2n) is 6.33. The molecule has 1 fully saturated rings. The first-order valence-corrected chi connectivity index (χ1v) is 8.79. The predicted octanol–water partition coefficient (Wildman–Crippen LogP) is 2.84. The van der Waals surface area contributed by atoms with Gasteiger partial charge in [-0.2, -0.15) is 10.2 Å². The average molecular weight is 336 g/mol.